The molecule has 1 heterocycles. The van der Waals surface area contributed by atoms with Crippen LogP contribution in [0, 0.1) is 0 Å². The van der Waals surface area contributed by atoms with Crippen LogP contribution in [0.5, 0.6) is 0 Å². The molecule has 24 heavy (non-hydrogen) atoms. The molecule has 0 bridgehead atoms. The fourth-order valence-electron chi connectivity index (χ4n) is 3.22. The van der Waals surface area contributed by atoms with Crippen molar-refractivity contribution in [3.05, 3.63) is 35.4 Å². The zero-order valence-corrected chi connectivity index (χ0v) is 18.2. The van der Waals surface area contributed by atoms with Gasteiger partial charge < -0.3 is 9.80 Å². The molecular weight excluding hydrogens is 411 g/mol. The molecule has 1 aliphatic heterocycles. The summed E-state index contributed by atoms with van der Waals surface area (Å²) in [7, 11) is 8.12. The maximum absolute atomic E-state index is 4.71. The highest BCUT2D eigenvalue weighted by atomic mass is 127. The second-order valence-corrected chi connectivity index (χ2v) is 7.04. The molecule has 5 heteroatoms. The van der Waals surface area contributed by atoms with Crippen LogP contribution in [0.1, 0.15) is 37.3 Å². The fourth-order valence-corrected chi connectivity index (χ4v) is 3.22. The molecule has 1 unspecified atom stereocenters. The standard InChI is InChI=1S/C19H32N4.HI/c1-16-8-6-7-13-23(16)15-18-11-9-17(10-12-18)14-20-19(21(2)3)22(4)5;/h9-12,16H,6-8,13-15H2,1-5H3;1H. The number of halogens is 1. The first-order chi connectivity index (χ1) is 11.0. The molecule has 1 atom stereocenters. The molecule has 1 aromatic carbocycles. The lowest BCUT2D eigenvalue weighted by Crippen LogP contribution is -2.36. The van der Waals surface area contributed by atoms with E-state index >= 15 is 0 Å². The van der Waals surface area contributed by atoms with E-state index < -0.39 is 0 Å². The first-order valence-electron chi connectivity index (χ1n) is 8.68. The highest BCUT2D eigenvalue weighted by Crippen LogP contribution is 2.19. The molecule has 1 aromatic rings. The van der Waals surface area contributed by atoms with Gasteiger partial charge in [0.05, 0.1) is 6.54 Å². The van der Waals surface area contributed by atoms with Crippen molar-refractivity contribution < 1.29 is 0 Å². The van der Waals surface area contributed by atoms with Crippen molar-refractivity contribution in [2.24, 2.45) is 4.99 Å². The lowest BCUT2D eigenvalue weighted by molar-refractivity contribution is 0.152. The molecule has 4 nitrogen and oxygen atoms in total. The van der Waals surface area contributed by atoms with Crippen LogP contribution in [-0.2, 0) is 13.1 Å². The summed E-state index contributed by atoms with van der Waals surface area (Å²) in [6.07, 6.45) is 4.06. The molecule has 0 radical (unpaired) electrons. The summed E-state index contributed by atoms with van der Waals surface area (Å²) in [5.74, 6) is 0.996. The molecule has 136 valence electrons. The number of aliphatic imine (C=N–C) groups is 1. The third-order valence-corrected chi connectivity index (χ3v) is 4.55. The third-order valence-electron chi connectivity index (χ3n) is 4.55. The number of likely N-dealkylation sites (tertiary alicyclic amines) is 1. The first kappa shape index (κ1) is 21.2. The minimum Gasteiger partial charge on any atom is -0.349 e. The Hall–Kier alpha value is -0.820. The van der Waals surface area contributed by atoms with E-state index in [9.17, 15) is 0 Å². The van der Waals surface area contributed by atoms with Gasteiger partial charge in [0.2, 0.25) is 0 Å². The Kier molecular flexibility index (Phi) is 9.05. The highest BCUT2D eigenvalue weighted by Gasteiger charge is 2.17. The van der Waals surface area contributed by atoms with Crippen LogP contribution in [0.3, 0.4) is 0 Å². The monoisotopic (exact) mass is 444 g/mol. The Morgan fingerprint density at radius 1 is 1.04 bits per heavy atom. The van der Waals surface area contributed by atoms with Crippen molar-refractivity contribution in [3.63, 3.8) is 0 Å². The van der Waals surface area contributed by atoms with Crippen molar-refractivity contribution in [2.45, 2.75) is 45.3 Å². The van der Waals surface area contributed by atoms with Gasteiger partial charge in [-0.25, -0.2) is 4.99 Å². The van der Waals surface area contributed by atoms with Gasteiger partial charge in [0.1, 0.15) is 0 Å². The van der Waals surface area contributed by atoms with Crippen LogP contribution in [0.25, 0.3) is 0 Å². The number of hydrogen-bond donors (Lipinski definition) is 0. The predicted molar refractivity (Wildman–Crippen MR) is 114 cm³/mol. The van der Waals surface area contributed by atoms with E-state index in [1.54, 1.807) is 0 Å². The predicted octanol–water partition coefficient (Wildman–Crippen LogP) is 3.66. The van der Waals surface area contributed by atoms with Gasteiger partial charge in [0.25, 0.3) is 0 Å². The quantitative estimate of drug-likeness (QED) is 0.402. The molecule has 0 saturated carbocycles. The fraction of sp³-hybridized carbons (Fsp3) is 0.632. The maximum Gasteiger partial charge on any atom is 0.195 e. The Balaban J connectivity index is 0.00000288. The Morgan fingerprint density at radius 3 is 2.17 bits per heavy atom. The second-order valence-electron chi connectivity index (χ2n) is 7.04. The molecular formula is C19H33IN4. The summed E-state index contributed by atoms with van der Waals surface area (Å²) in [5.41, 5.74) is 2.67. The summed E-state index contributed by atoms with van der Waals surface area (Å²) >= 11 is 0. The van der Waals surface area contributed by atoms with Crippen LogP contribution in [0.4, 0.5) is 0 Å². The van der Waals surface area contributed by atoms with Crippen LogP contribution in [-0.4, -0.2) is 61.4 Å². The molecule has 0 spiro atoms. The summed E-state index contributed by atoms with van der Waals surface area (Å²) in [4.78, 5) is 11.4. The molecule has 0 N–H and O–H groups in total. The minimum absolute atomic E-state index is 0. The van der Waals surface area contributed by atoms with E-state index in [2.05, 4.69) is 36.1 Å². The number of piperidine rings is 1. The smallest absolute Gasteiger partial charge is 0.195 e. The van der Waals surface area contributed by atoms with Gasteiger partial charge in [-0.2, -0.15) is 0 Å². The Morgan fingerprint density at radius 2 is 1.62 bits per heavy atom. The molecule has 1 aliphatic rings. The summed E-state index contributed by atoms with van der Waals surface area (Å²) in [6.45, 7) is 5.39. The number of rotatable bonds is 4. The van der Waals surface area contributed by atoms with Crippen molar-refractivity contribution in [3.8, 4) is 0 Å². The summed E-state index contributed by atoms with van der Waals surface area (Å²) < 4.78 is 0. The van der Waals surface area contributed by atoms with Crippen molar-refractivity contribution in [1.29, 1.82) is 0 Å². The Labute approximate surface area is 164 Å². The van der Waals surface area contributed by atoms with Gasteiger partial charge in [0, 0.05) is 40.8 Å². The van der Waals surface area contributed by atoms with E-state index in [0.717, 1.165) is 25.1 Å². The number of hydrogen-bond acceptors (Lipinski definition) is 2. The van der Waals surface area contributed by atoms with Gasteiger partial charge in [-0.1, -0.05) is 30.7 Å². The van der Waals surface area contributed by atoms with Crippen LogP contribution in [0.15, 0.2) is 29.3 Å². The lowest BCUT2D eigenvalue weighted by Gasteiger charge is -2.33. The maximum atomic E-state index is 4.71. The zero-order chi connectivity index (χ0) is 16.8. The van der Waals surface area contributed by atoms with Crippen LogP contribution in [0.2, 0.25) is 0 Å². The first-order valence-corrected chi connectivity index (χ1v) is 8.68. The summed E-state index contributed by atoms with van der Waals surface area (Å²) in [5, 5.41) is 0. The van der Waals surface area contributed by atoms with Gasteiger partial charge in [-0.3, -0.25) is 4.90 Å². The van der Waals surface area contributed by atoms with Gasteiger partial charge in [-0.05, 0) is 37.4 Å². The van der Waals surface area contributed by atoms with Crippen molar-refractivity contribution >= 4 is 29.9 Å². The van der Waals surface area contributed by atoms with Gasteiger partial charge in [-0.15, -0.1) is 24.0 Å². The van der Waals surface area contributed by atoms with E-state index in [0.29, 0.717) is 0 Å². The summed E-state index contributed by atoms with van der Waals surface area (Å²) in [6, 6.07) is 9.68. The van der Waals surface area contributed by atoms with E-state index in [1.807, 2.05) is 38.0 Å². The molecule has 1 saturated heterocycles. The van der Waals surface area contributed by atoms with Gasteiger partial charge in [0.15, 0.2) is 5.96 Å². The SMILES string of the molecule is CC1CCCCN1Cc1ccc(CN=C(N(C)C)N(C)C)cc1.I. The van der Waals surface area contributed by atoms with E-state index in [-0.39, 0.29) is 24.0 Å². The largest absolute Gasteiger partial charge is 0.349 e. The van der Waals surface area contributed by atoms with E-state index in [1.165, 1.54) is 36.9 Å². The van der Waals surface area contributed by atoms with Gasteiger partial charge >= 0.3 is 0 Å². The molecule has 0 amide bonds. The topological polar surface area (TPSA) is 22.1 Å². The number of nitrogens with zero attached hydrogens (tertiary/aromatic N) is 4. The molecule has 2 rings (SSSR count). The average molecular weight is 444 g/mol. The molecule has 0 aromatic heterocycles. The highest BCUT2D eigenvalue weighted by molar-refractivity contribution is 14.0. The number of guanidine groups is 1. The van der Waals surface area contributed by atoms with Crippen LogP contribution >= 0.6 is 24.0 Å². The third kappa shape index (κ3) is 6.24. The Bertz CT molecular complexity index is 501. The molecule has 1 fully saturated rings. The lowest BCUT2D eigenvalue weighted by atomic mass is 10.0. The van der Waals surface area contributed by atoms with Crippen molar-refractivity contribution in [2.75, 3.05) is 34.7 Å². The van der Waals surface area contributed by atoms with Crippen LogP contribution < -0.4 is 0 Å². The zero-order valence-electron chi connectivity index (χ0n) is 15.8. The average Bonchev–Trinajstić information content (AvgIpc) is 2.50. The normalized spacial score (nSPS) is 17.8. The second kappa shape index (κ2) is 10.2. The number of benzene rings is 1. The van der Waals surface area contributed by atoms with E-state index in [4.69, 9.17) is 4.99 Å². The molecule has 0 aliphatic carbocycles. The van der Waals surface area contributed by atoms with Crippen molar-refractivity contribution in [1.82, 2.24) is 14.7 Å². The minimum atomic E-state index is 0.